The number of halogens is 1. The monoisotopic (exact) mass is 406 g/mol. The zero-order valence-corrected chi connectivity index (χ0v) is 17.2. The lowest BCUT2D eigenvalue weighted by atomic mass is 9.87. The quantitative estimate of drug-likeness (QED) is 0.260. The molecule has 0 bridgehead atoms. The van der Waals surface area contributed by atoms with Crippen LogP contribution < -0.4 is 4.74 Å². The Balaban J connectivity index is 2.23. The molecule has 0 aromatic heterocycles. The third-order valence-corrected chi connectivity index (χ3v) is 5.53. The van der Waals surface area contributed by atoms with Gasteiger partial charge in [0.15, 0.2) is 0 Å². The Kier molecular flexibility index (Phi) is 7.93. The first kappa shape index (κ1) is 21.8. The van der Waals surface area contributed by atoms with E-state index in [1.807, 2.05) is 19.1 Å². The van der Waals surface area contributed by atoms with Crippen molar-refractivity contribution < 1.29 is 20.3 Å². The molecule has 1 unspecified atom stereocenters. The van der Waals surface area contributed by atoms with Crippen molar-refractivity contribution in [2.45, 2.75) is 46.0 Å². The van der Waals surface area contributed by atoms with Crippen molar-refractivity contribution in [3.05, 3.63) is 45.5 Å². The topological polar surface area (TPSA) is 94.6 Å². The summed E-state index contributed by atoms with van der Waals surface area (Å²) in [6.45, 7) is 3.71. The first-order chi connectivity index (χ1) is 13.4. The summed E-state index contributed by atoms with van der Waals surface area (Å²) in [5, 5.41) is 35.2. The number of oxime groups is 2. The van der Waals surface area contributed by atoms with Gasteiger partial charge in [0.2, 0.25) is 0 Å². The highest BCUT2D eigenvalue weighted by atomic mass is 35.5. The molecule has 0 aliphatic heterocycles. The molecule has 1 fully saturated rings. The van der Waals surface area contributed by atoms with Crippen molar-refractivity contribution in [2.24, 2.45) is 16.2 Å². The summed E-state index contributed by atoms with van der Waals surface area (Å²) in [5.41, 5.74) is 3.36. The molecular formula is C21H27ClN2O4. The van der Waals surface area contributed by atoms with E-state index in [0.717, 1.165) is 37.0 Å². The number of hydrogen-bond acceptors (Lipinski definition) is 6. The van der Waals surface area contributed by atoms with Gasteiger partial charge in [0, 0.05) is 11.1 Å². The van der Waals surface area contributed by atoms with Gasteiger partial charge in [-0.2, -0.15) is 0 Å². The molecular weight excluding hydrogens is 380 g/mol. The van der Waals surface area contributed by atoms with E-state index in [1.165, 1.54) is 13.3 Å². The Morgan fingerprint density at radius 3 is 2.75 bits per heavy atom. The molecule has 7 heteroatoms. The van der Waals surface area contributed by atoms with Crippen molar-refractivity contribution in [2.75, 3.05) is 7.11 Å². The Labute approximate surface area is 170 Å². The third-order valence-electron chi connectivity index (χ3n) is 5.08. The van der Waals surface area contributed by atoms with Crippen LogP contribution in [0.5, 0.6) is 11.5 Å². The second-order valence-corrected chi connectivity index (χ2v) is 7.37. The van der Waals surface area contributed by atoms with Gasteiger partial charge in [0.25, 0.3) is 0 Å². The van der Waals surface area contributed by atoms with Crippen LogP contribution in [0.25, 0.3) is 0 Å². The molecule has 1 aliphatic carbocycles. The van der Waals surface area contributed by atoms with E-state index in [4.69, 9.17) is 26.8 Å². The minimum atomic E-state index is -0.0133. The second kappa shape index (κ2) is 10.2. The fourth-order valence-corrected chi connectivity index (χ4v) is 3.73. The number of methoxy groups -OCH3 is 1. The Bertz CT molecular complexity index is 828. The second-order valence-electron chi connectivity index (χ2n) is 6.99. The van der Waals surface area contributed by atoms with Gasteiger partial charge < -0.3 is 20.3 Å². The van der Waals surface area contributed by atoms with Gasteiger partial charge in [0.1, 0.15) is 11.5 Å². The normalized spacial score (nSPS) is 19.8. The van der Waals surface area contributed by atoms with E-state index in [-0.39, 0.29) is 5.75 Å². The van der Waals surface area contributed by atoms with Crippen molar-refractivity contribution in [1.29, 1.82) is 0 Å². The summed E-state index contributed by atoms with van der Waals surface area (Å²) in [5.74, 6) is 0.767. The van der Waals surface area contributed by atoms with Crippen LogP contribution in [0.4, 0.5) is 0 Å². The van der Waals surface area contributed by atoms with Gasteiger partial charge >= 0.3 is 0 Å². The lowest BCUT2D eigenvalue weighted by molar-refractivity contribution is 0.312. The minimum Gasteiger partial charge on any atom is -0.507 e. The number of phenols is 1. The van der Waals surface area contributed by atoms with Gasteiger partial charge in [-0.3, -0.25) is 0 Å². The van der Waals surface area contributed by atoms with E-state index in [1.54, 1.807) is 6.92 Å². The number of hydrogen-bond donors (Lipinski definition) is 3. The summed E-state index contributed by atoms with van der Waals surface area (Å²) in [4.78, 5) is 0. The Hall–Kier alpha value is -2.47. The fraction of sp³-hybridized carbons (Fsp3) is 0.429. The van der Waals surface area contributed by atoms with Crippen LogP contribution in [0, 0.1) is 12.8 Å². The van der Waals surface area contributed by atoms with Crippen molar-refractivity contribution in [1.82, 2.24) is 0 Å². The Morgan fingerprint density at radius 2 is 2.11 bits per heavy atom. The molecule has 2 rings (SSSR count). The first-order valence-electron chi connectivity index (χ1n) is 9.22. The van der Waals surface area contributed by atoms with Gasteiger partial charge in [0.05, 0.1) is 24.1 Å². The number of nitrogens with zero attached hydrogens (tertiary/aromatic N) is 2. The molecule has 1 atom stereocenters. The molecule has 28 heavy (non-hydrogen) atoms. The zero-order valence-electron chi connectivity index (χ0n) is 16.4. The minimum absolute atomic E-state index is 0.0133. The highest BCUT2D eigenvalue weighted by molar-refractivity contribution is 6.33. The lowest BCUT2D eigenvalue weighted by Gasteiger charge is -2.19. The molecule has 0 spiro atoms. The van der Waals surface area contributed by atoms with Crippen LogP contribution in [-0.2, 0) is 6.42 Å². The van der Waals surface area contributed by atoms with E-state index >= 15 is 0 Å². The summed E-state index contributed by atoms with van der Waals surface area (Å²) >= 11 is 6.37. The molecule has 6 nitrogen and oxygen atoms in total. The van der Waals surface area contributed by atoms with Crippen molar-refractivity contribution >= 4 is 23.5 Å². The average Bonchev–Trinajstić information content (AvgIpc) is 2.71. The largest absolute Gasteiger partial charge is 0.507 e. The number of benzene rings is 1. The molecule has 0 radical (unpaired) electrons. The predicted octanol–water partition coefficient (Wildman–Crippen LogP) is 5.24. The van der Waals surface area contributed by atoms with Crippen LogP contribution in [0.2, 0.25) is 5.02 Å². The molecule has 1 aromatic rings. The molecule has 0 heterocycles. The van der Waals surface area contributed by atoms with Crippen LogP contribution in [0.15, 0.2) is 34.1 Å². The molecule has 0 saturated heterocycles. The van der Waals surface area contributed by atoms with Crippen molar-refractivity contribution in [3.63, 3.8) is 0 Å². The fourth-order valence-electron chi connectivity index (χ4n) is 3.44. The van der Waals surface area contributed by atoms with Gasteiger partial charge in [-0.05, 0) is 57.4 Å². The molecule has 1 saturated carbocycles. The Morgan fingerprint density at radius 1 is 1.36 bits per heavy atom. The predicted molar refractivity (Wildman–Crippen MR) is 112 cm³/mol. The maximum absolute atomic E-state index is 10.6. The van der Waals surface area contributed by atoms with E-state index in [2.05, 4.69) is 16.4 Å². The van der Waals surface area contributed by atoms with Gasteiger partial charge in [-0.25, -0.2) is 0 Å². The van der Waals surface area contributed by atoms with Crippen LogP contribution >= 0.6 is 11.6 Å². The number of phenolic OH excluding ortho intramolecular Hbond substituents is 1. The number of ether oxygens (including phenoxy) is 1. The van der Waals surface area contributed by atoms with Crippen molar-refractivity contribution in [3.8, 4) is 11.5 Å². The van der Waals surface area contributed by atoms with E-state index in [9.17, 15) is 5.11 Å². The smallest absolute Gasteiger partial charge is 0.144 e. The number of aromatic hydroxyl groups is 1. The van der Waals surface area contributed by atoms with Gasteiger partial charge in [-0.1, -0.05) is 45.7 Å². The maximum Gasteiger partial charge on any atom is 0.144 e. The van der Waals surface area contributed by atoms with Crippen LogP contribution in [0.1, 0.15) is 49.3 Å². The van der Waals surface area contributed by atoms with Crippen LogP contribution in [0.3, 0.4) is 0 Å². The SMILES string of the molecule is COc1c(Cl)c(C)c(/C=N/O)c(O)c1C/C=C(C)/C=C/C1CCC/C(=N\O)C1. The molecule has 0 amide bonds. The standard InChI is InChI=1S/C21H27ClN2O4/c1-13(7-9-15-5-4-6-16(11-15)24-27)8-10-17-20(25)18(12-23-26)14(2)19(22)21(17)28-3/h7-9,12,15,25-27H,4-6,10-11H2,1-3H3/b9-7+,13-8+,23-12+,24-16+. The molecule has 1 aliphatic rings. The van der Waals surface area contributed by atoms with Gasteiger partial charge in [-0.15, -0.1) is 0 Å². The summed E-state index contributed by atoms with van der Waals surface area (Å²) in [7, 11) is 1.50. The molecule has 1 aromatic carbocycles. The third kappa shape index (κ3) is 5.07. The number of allylic oxidation sites excluding steroid dienone is 4. The van der Waals surface area contributed by atoms with Crippen LogP contribution in [-0.4, -0.2) is 34.6 Å². The van der Waals surface area contributed by atoms with E-state index < -0.39 is 0 Å². The summed E-state index contributed by atoms with van der Waals surface area (Å²) in [6, 6.07) is 0. The summed E-state index contributed by atoms with van der Waals surface area (Å²) < 4.78 is 5.40. The number of rotatable bonds is 6. The highest BCUT2D eigenvalue weighted by Gasteiger charge is 2.20. The first-order valence-corrected chi connectivity index (χ1v) is 9.60. The lowest BCUT2D eigenvalue weighted by Crippen LogP contribution is -2.13. The zero-order chi connectivity index (χ0) is 20.7. The highest BCUT2D eigenvalue weighted by Crippen LogP contribution is 2.41. The van der Waals surface area contributed by atoms with E-state index in [0.29, 0.717) is 39.8 Å². The molecule has 3 N–H and O–H groups in total. The maximum atomic E-state index is 10.6. The molecule has 152 valence electrons. The average molecular weight is 407 g/mol. The summed E-state index contributed by atoms with van der Waals surface area (Å²) in [6.07, 6.45) is 11.5.